The minimum atomic E-state index is 0.192. The second kappa shape index (κ2) is 5.03. The van der Waals surface area contributed by atoms with Crippen molar-refractivity contribution in [3.05, 3.63) is 0 Å². The van der Waals surface area contributed by atoms with Crippen LogP contribution >= 0.6 is 0 Å². The van der Waals surface area contributed by atoms with E-state index >= 15 is 0 Å². The highest BCUT2D eigenvalue weighted by molar-refractivity contribution is 4.62. The maximum absolute atomic E-state index is 8.55. The summed E-state index contributed by atoms with van der Waals surface area (Å²) in [4.78, 5) is 0. The second-order valence-electron chi connectivity index (χ2n) is 1.73. The molecule has 0 spiro atoms. The fraction of sp³-hybridized carbons (Fsp3) is 1.00. The van der Waals surface area contributed by atoms with E-state index in [0.717, 1.165) is 6.54 Å². The van der Waals surface area contributed by atoms with Crippen LogP contribution < -0.4 is 10.6 Å². The lowest BCUT2D eigenvalue weighted by molar-refractivity contribution is 0.247. The Hall–Kier alpha value is -0.120. The van der Waals surface area contributed by atoms with Gasteiger partial charge in [-0.1, -0.05) is 0 Å². The third-order valence-electron chi connectivity index (χ3n) is 1.08. The van der Waals surface area contributed by atoms with Gasteiger partial charge in [-0.2, -0.15) is 0 Å². The van der Waals surface area contributed by atoms with Gasteiger partial charge < -0.3 is 15.7 Å². The van der Waals surface area contributed by atoms with Gasteiger partial charge in [0.1, 0.15) is 0 Å². The second-order valence-corrected chi connectivity index (χ2v) is 1.73. The molecule has 0 aromatic rings. The zero-order valence-corrected chi connectivity index (χ0v) is 5.44. The van der Waals surface area contributed by atoms with E-state index in [1.165, 1.54) is 0 Å². The highest BCUT2D eigenvalue weighted by Gasteiger charge is 1.98. The van der Waals surface area contributed by atoms with Crippen LogP contribution in [0.4, 0.5) is 0 Å². The first-order valence-electron chi connectivity index (χ1n) is 2.77. The Bertz CT molecular complexity index is 45.7. The average Bonchev–Trinajstić information content (AvgIpc) is 1.83. The van der Waals surface area contributed by atoms with E-state index in [2.05, 4.69) is 10.6 Å². The number of hydrogen-bond acceptors (Lipinski definition) is 3. The van der Waals surface area contributed by atoms with Crippen LogP contribution in [-0.2, 0) is 0 Å². The third-order valence-corrected chi connectivity index (χ3v) is 1.08. The SMILES string of the molecule is CNC[C@@H](CO)NC. The summed E-state index contributed by atoms with van der Waals surface area (Å²) in [5.74, 6) is 0. The van der Waals surface area contributed by atoms with Crippen LogP contribution in [0.3, 0.4) is 0 Å². The number of aliphatic hydroxyl groups excluding tert-OH is 1. The lowest BCUT2D eigenvalue weighted by Gasteiger charge is -2.10. The Morgan fingerprint density at radius 2 is 2.12 bits per heavy atom. The van der Waals surface area contributed by atoms with E-state index in [-0.39, 0.29) is 12.6 Å². The van der Waals surface area contributed by atoms with Crippen molar-refractivity contribution >= 4 is 0 Å². The van der Waals surface area contributed by atoms with Crippen LogP contribution in [-0.4, -0.2) is 38.4 Å². The van der Waals surface area contributed by atoms with Crippen molar-refractivity contribution in [2.75, 3.05) is 27.2 Å². The van der Waals surface area contributed by atoms with Crippen LogP contribution in [0.15, 0.2) is 0 Å². The lowest BCUT2D eigenvalue weighted by Crippen LogP contribution is -2.37. The van der Waals surface area contributed by atoms with E-state index in [4.69, 9.17) is 5.11 Å². The molecule has 0 aliphatic rings. The Kier molecular flexibility index (Phi) is 4.95. The van der Waals surface area contributed by atoms with Gasteiger partial charge in [-0.05, 0) is 14.1 Å². The molecule has 0 heterocycles. The molecule has 0 aliphatic heterocycles. The van der Waals surface area contributed by atoms with Crippen LogP contribution in [0.1, 0.15) is 0 Å². The topological polar surface area (TPSA) is 44.3 Å². The van der Waals surface area contributed by atoms with Gasteiger partial charge in [-0.25, -0.2) is 0 Å². The molecule has 50 valence electrons. The largest absolute Gasteiger partial charge is 0.395 e. The summed E-state index contributed by atoms with van der Waals surface area (Å²) in [7, 11) is 3.69. The Morgan fingerprint density at radius 3 is 2.25 bits per heavy atom. The van der Waals surface area contributed by atoms with Gasteiger partial charge >= 0.3 is 0 Å². The molecule has 1 atom stereocenters. The van der Waals surface area contributed by atoms with Crippen LogP contribution in [0.25, 0.3) is 0 Å². The van der Waals surface area contributed by atoms with Crippen LogP contribution in [0, 0.1) is 0 Å². The number of hydrogen-bond donors (Lipinski definition) is 3. The molecule has 0 amide bonds. The van der Waals surface area contributed by atoms with E-state index in [0.29, 0.717) is 0 Å². The van der Waals surface area contributed by atoms with Crippen molar-refractivity contribution in [1.82, 2.24) is 10.6 Å². The Labute approximate surface area is 50.1 Å². The quantitative estimate of drug-likeness (QED) is 0.434. The molecule has 0 aromatic carbocycles. The first kappa shape index (κ1) is 7.88. The van der Waals surface area contributed by atoms with Crippen LogP contribution in [0.5, 0.6) is 0 Å². The number of aliphatic hydroxyl groups is 1. The van der Waals surface area contributed by atoms with Crippen LogP contribution in [0.2, 0.25) is 0 Å². The summed E-state index contributed by atoms with van der Waals surface area (Å²) < 4.78 is 0. The summed E-state index contributed by atoms with van der Waals surface area (Å²) >= 11 is 0. The van der Waals surface area contributed by atoms with Crippen molar-refractivity contribution in [2.45, 2.75) is 6.04 Å². The molecule has 0 rings (SSSR count). The molecule has 8 heavy (non-hydrogen) atoms. The molecule has 0 aromatic heterocycles. The van der Waals surface area contributed by atoms with Gasteiger partial charge in [0.05, 0.1) is 6.61 Å². The van der Waals surface area contributed by atoms with E-state index < -0.39 is 0 Å². The molecule has 0 fully saturated rings. The summed E-state index contributed by atoms with van der Waals surface area (Å²) in [5.41, 5.74) is 0. The molecule has 3 nitrogen and oxygen atoms in total. The smallest absolute Gasteiger partial charge is 0.0596 e. The number of rotatable bonds is 4. The van der Waals surface area contributed by atoms with Crippen molar-refractivity contribution < 1.29 is 5.11 Å². The summed E-state index contributed by atoms with van der Waals surface area (Å²) in [6, 6.07) is 0.194. The first-order chi connectivity index (χ1) is 3.85. The maximum Gasteiger partial charge on any atom is 0.0596 e. The monoisotopic (exact) mass is 118 g/mol. The first-order valence-corrected chi connectivity index (χ1v) is 2.77. The molecule has 3 heteroatoms. The van der Waals surface area contributed by atoms with E-state index in [9.17, 15) is 0 Å². The molecule has 3 N–H and O–H groups in total. The fourth-order valence-electron chi connectivity index (χ4n) is 0.504. The summed E-state index contributed by atoms with van der Waals surface area (Å²) in [6.07, 6.45) is 0. The van der Waals surface area contributed by atoms with Crippen molar-refractivity contribution in [1.29, 1.82) is 0 Å². The van der Waals surface area contributed by atoms with Gasteiger partial charge in [0.15, 0.2) is 0 Å². The Balaban J connectivity index is 3.07. The highest BCUT2D eigenvalue weighted by Crippen LogP contribution is 1.73. The van der Waals surface area contributed by atoms with Gasteiger partial charge in [-0.15, -0.1) is 0 Å². The number of likely N-dealkylation sites (N-methyl/N-ethyl adjacent to an activating group) is 2. The number of nitrogens with one attached hydrogen (secondary N) is 2. The average molecular weight is 118 g/mol. The molecular weight excluding hydrogens is 104 g/mol. The van der Waals surface area contributed by atoms with E-state index in [1.807, 2.05) is 14.1 Å². The molecule has 0 saturated heterocycles. The molecule has 0 bridgehead atoms. The van der Waals surface area contributed by atoms with Crippen molar-refractivity contribution in [2.24, 2.45) is 0 Å². The minimum absolute atomic E-state index is 0.192. The lowest BCUT2D eigenvalue weighted by atomic mass is 10.3. The molecular formula is C5H14N2O. The summed E-state index contributed by atoms with van der Waals surface area (Å²) in [5, 5.41) is 14.4. The molecule has 0 saturated carbocycles. The van der Waals surface area contributed by atoms with Crippen molar-refractivity contribution in [3.63, 3.8) is 0 Å². The zero-order valence-electron chi connectivity index (χ0n) is 5.44. The van der Waals surface area contributed by atoms with Gasteiger partial charge in [0, 0.05) is 12.6 Å². The molecule has 0 unspecified atom stereocenters. The predicted molar refractivity (Wildman–Crippen MR) is 33.9 cm³/mol. The third kappa shape index (κ3) is 2.96. The van der Waals surface area contributed by atoms with E-state index in [1.54, 1.807) is 0 Å². The molecule has 0 radical (unpaired) electrons. The normalized spacial score (nSPS) is 13.9. The van der Waals surface area contributed by atoms with Gasteiger partial charge in [-0.3, -0.25) is 0 Å². The predicted octanol–water partition coefficient (Wildman–Crippen LogP) is -1.21. The van der Waals surface area contributed by atoms with Gasteiger partial charge in [0.25, 0.3) is 0 Å². The Morgan fingerprint density at radius 1 is 1.50 bits per heavy atom. The minimum Gasteiger partial charge on any atom is -0.395 e. The van der Waals surface area contributed by atoms with Gasteiger partial charge in [0.2, 0.25) is 0 Å². The standard InChI is InChI=1S/C5H14N2O/c1-6-3-5(4-8)7-2/h5-8H,3-4H2,1-2H3/t5-/m0/s1. The summed E-state index contributed by atoms with van der Waals surface area (Å²) in [6.45, 7) is 1.00. The maximum atomic E-state index is 8.55. The molecule has 0 aliphatic carbocycles. The fourth-order valence-corrected chi connectivity index (χ4v) is 0.504. The highest BCUT2D eigenvalue weighted by atomic mass is 16.3. The van der Waals surface area contributed by atoms with Crippen molar-refractivity contribution in [3.8, 4) is 0 Å². The zero-order chi connectivity index (χ0) is 6.41.